The zero-order chi connectivity index (χ0) is 16.2. The summed E-state index contributed by atoms with van der Waals surface area (Å²) in [6.07, 6.45) is 0.479. The van der Waals surface area contributed by atoms with E-state index in [1.54, 1.807) is 4.68 Å². The predicted octanol–water partition coefficient (Wildman–Crippen LogP) is 3.18. The predicted molar refractivity (Wildman–Crippen MR) is 86.5 cm³/mol. The van der Waals surface area contributed by atoms with E-state index in [-0.39, 0.29) is 11.7 Å². The molecule has 0 radical (unpaired) electrons. The summed E-state index contributed by atoms with van der Waals surface area (Å²) in [6.45, 7) is 1.99. The number of hydrogen-bond donors (Lipinski definition) is 1. The summed E-state index contributed by atoms with van der Waals surface area (Å²) >= 11 is 0. The van der Waals surface area contributed by atoms with Gasteiger partial charge in [0.15, 0.2) is 5.69 Å². The molecule has 0 aliphatic carbocycles. The van der Waals surface area contributed by atoms with Crippen LogP contribution in [0.2, 0.25) is 0 Å². The van der Waals surface area contributed by atoms with Gasteiger partial charge in [-0.05, 0) is 18.1 Å². The second kappa shape index (κ2) is 6.44. The first-order valence-corrected chi connectivity index (χ1v) is 7.43. The molecule has 0 fully saturated rings. The van der Waals surface area contributed by atoms with Crippen molar-refractivity contribution in [3.8, 4) is 0 Å². The molecule has 0 spiro atoms. The van der Waals surface area contributed by atoms with Crippen LogP contribution in [0.15, 0.2) is 60.7 Å². The Morgan fingerprint density at radius 3 is 2.30 bits per heavy atom. The molecule has 0 aliphatic rings. The van der Waals surface area contributed by atoms with Gasteiger partial charge in [-0.1, -0.05) is 65.9 Å². The summed E-state index contributed by atoms with van der Waals surface area (Å²) in [5, 5.41) is 17.4. The zero-order valence-electron chi connectivity index (χ0n) is 12.8. The SMILES string of the molecule is CC(c1ccccc1)n1nnc(C(=O)O)c1Cc1ccccc1. The molecule has 1 unspecified atom stereocenters. The Morgan fingerprint density at radius 2 is 1.70 bits per heavy atom. The number of carbonyl (C=O) groups is 1. The van der Waals surface area contributed by atoms with Crippen LogP contribution in [0.25, 0.3) is 0 Å². The minimum Gasteiger partial charge on any atom is -0.476 e. The largest absolute Gasteiger partial charge is 0.476 e. The smallest absolute Gasteiger partial charge is 0.358 e. The lowest BCUT2D eigenvalue weighted by molar-refractivity contribution is 0.0689. The summed E-state index contributed by atoms with van der Waals surface area (Å²) in [7, 11) is 0. The molecule has 3 rings (SSSR count). The third-order valence-electron chi connectivity index (χ3n) is 3.86. The van der Waals surface area contributed by atoms with Crippen molar-refractivity contribution in [3.63, 3.8) is 0 Å². The highest BCUT2D eigenvalue weighted by molar-refractivity contribution is 5.86. The molecule has 1 N–H and O–H groups in total. The Kier molecular flexibility index (Phi) is 4.19. The van der Waals surface area contributed by atoms with E-state index in [2.05, 4.69) is 10.3 Å². The van der Waals surface area contributed by atoms with Gasteiger partial charge >= 0.3 is 5.97 Å². The highest BCUT2D eigenvalue weighted by atomic mass is 16.4. The van der Waals surface area contributed by atoms with Gasteiger partial charge in [0.05, 0.1) is 11.7 Å². The molecule has 2 aromatic carbocycles. The number of carboxylic acids is 1. The van der Waals surface area contributed by atoms with Crippen molar-refractivity contribution in [2.45, 2.75) is 19.4 Å². The van der Waals surface area contributed by atoms with Crippen LogP contribution in [0.5, 0.6) is 0 Å². The lowest BCUT2D eigenvalue weighted by Crippen LogP contribution is -2.14. The highest BCUT2D eigenvalue weighted by Crippen LogP contribution is 2.22. The molecule has 1 heterocycles. The lowest BCUT2D eigenvalue weighted by atomic mass is 10.1. The fraction of sp³-hybridized carbons (Fsp3) is 0.167. The van der Waals surface area contributed by atoms with Crippen molar-refractivity contribution in [1.82, 2.24) is 15.0 Å². The number of nitrogens with zero attached hydrogens (tertiary/aromatic N) is 3. The number of hydrogen-bond acceptors (Lipinski definition) is 3. The van der Waals surface area contributed by atoms with E-state index in [1.807, 2.05) is 67.6 Å². The van der Waals surface area contributed by atoms with Crippen LogP contribution in [0.4, 0.5) is 0 Å². The quantitative estimate of drug-likeness (QED) is 0.786. The van der Waals surface area contributed by atoms with Crippen molar-refractivity contribution in [3.05, 3.63) is 83.2 Å². The van der Waals surface area contributed by atoms with Gasteiger partial charge < -0.3 is 5.11 Å². The zero-order valence-corrected chi connectivity index (χ0v) is 12.8. The summed E-state index contributed by atoms with van der Waals surface area (Å²) < 4.78 is 1.70. The molecule has 0 amide bonds. The topological polar surface area (TPSA) is 68.0 Å². The van der Waals surface area contributed by atoms with Gasteiger partial charge in [-0.2, -0.15) is 0 Å². The van der Waals surface area contributed by atoms with Crippen LogP contribution in [0.3, 0.4) is 0 Å². The Bertz CT molecular complexity index is 798. The van der Waals surface area contributed by atoms with Crippen molar-refractivity contribution in [2.24, 2.45) is 0 Å². The molecular formula is C18H17N3O2. The third-order valence-corrected chi connectivity index (χ3v) is 3.86. The average molecular weight is 307 g/mol. The van der Waals surface area contributed by atoms with Gasteiger partial charge in [0.1, 0.15) is 0 Å². The van der Waals surface area contributed by atoms with E-state index in [9.17, 15) is 9.90 Å². The molecule has 3 aromatic rings. The normalized spacial score (nSPS) is 12.0. The van der Waals surface area contributed by atoms with E-state index in [0.717, 1.165) is 11.1 Å². The number of rotatable bonds is 5. The van der Waals surface area contributed by atoms with Gasteiger partial charge in [-0.15, -0.1) is 5.10 Å². The van der Waals surface area contributed by atoms with Gasteiger partial charge in [-0.3, -0.25) is 0 Å². The maximum Gasteiger partial charge on any atom is 0.358 e. The average Bonchev–Trinajstić information content (AvgIpc) is 2.99. The van der Waals surface area contributed by atoms with Crippen LogP contribution < -0.4 is 0 Å². The van der Waals surface area contributed by atoms with Crippen molar-refractivity contribution in [2.75, 3.05) is 0 Å². The van der Waals surface area contributed by atoms with Crippen molar-refractivity contribution < 1.29 is 9.90 Å². The maximum atomic E-state index is 11.5. The Balaban J connectivity index is 2.02. The molecule has 0 saturated carbocycles. The monoisotopic (exact) mass is 307 g/mol. The van der Waals surface area contributed by atoms with Crippen LogP contribution in [0.1, 0.15) is 40.3 Å². The summed E-state index contributed by atoms with van der Waals surface area (Å²) in [5.74, 6) is -1.05. The van der Waals surface area contributed by atoms with Crippen LogP contribution in [-0.2, 0) is 6.42 Å². The number of carboxylic acid groups (broad SMARTS) is 1. The summed E-state index contributed by atoms with van der Waals surface area (Å²) in [5.41, 5.74) is 2.71. The first-order valence-electron chi connectivity index (χ1n) is 7.43. The summed E-state index contributed by atoms with van der Waals surface area (Å²) in [4.78, 5) is 11.5. The molecule has 0 saturated heterocycles. The first-order chi connectivity index (χ1) is 11.2. The van der Waals surface area contributed by atoms with E-state index >= 15 is 0 Å². The Labute approximate surface area is 134 Å². The van der Waals surface area contributed by atoms with E-state index in [4.69, 9.17) is 0 Å². The molecule has 0 bridgehead atoms. The molecule has 1 atom stereocenters. The number of aromatic carboxylic acids is 1. The summed E-state index contributed by atoms with van der Waals surface area (Å²) in [6, 6.07) is 19.5. The fourth-order valence-corrected chi connectivity index (χ4v) is 2.62. The lowest BCUT2D eigenvalue weighted by Gasteiger charge is -2.15. The van der Waals surface area contributed by atoms with Crippen LogP contribution >= 0.6 is 0 Å². The third kappa shape index (κ3) is 3.13. The molecule has 0 aliphatic heterocycles. The molecule has 116 valence electrons. The van der Waals surface area contributed by atoms with Crippen LogP contribution in [-0.4, -0.2) is 26.1 Å². The second-order valence-corrected chi connectivity index (χ2v) is 5.38. The van der Waals surface area contributed by atoms with E-state index in [0.29, 0.717) is 12.1 Å². The van der Waals surface area contributed by atoms with Crippen molar-refractivity contribution in [1.29, 1.82) is 0 Å². The highest BCUT2D eigenvalue weighted by Gasteiger charge is 2.22. The standard InChI is InChI=1S/C18H17N3O2/c1-13(15-10-6-3-7-11-15)21-16(17(18(22)23)19-20-21)12-14-8-4-2-5-9-14/h2-11,13H,12H2,1H3,(H,22,23). The van der Waals surface area contributed by atoms with Gasteiger partial charge in [-0.25, -0.2) is 9.48 Å². The number of aromatic nitrogens is 3. The molecule has 1 aromatic heterocycles. The number of benzene rings is 2. The molecule has 23 heavy (non-hydrogen) atoms. The molecule has 5 heteroatoms. The van der Waals surface area contributed by atoms with Gasteiger partial charge in [0.25, 0.3) is 0 Å². The van der Waals surface area contributed by atoms with E-state index in [1.165, 1.54) is 0 Å². The minimum absolute atomic E-state index is 0.0108. The minimum atomic E-state index is -1.05. The molecular weight excluding hydrogens is 290 g/mol. The van der Waals surface area contributed by atoms with Gasteiger partial charge in [0, 0.05) is 6.42 Å². The maximum absolute atomic E-state index is 11.5. The molecule has 5 nitrogen and oxygen atoms in total. The second-order valence-electron chi connectivity index (χ2n) is 5.38. The van der Waals surface area contributed by atoms with Gasteiger partial charge in [0.2, 0.25) is 0 Å². The first kappa shape index (κ1) is 15.0. The van der Waals surface area contributed by atoms with Crippen LogP contribution in [0, 0.1) is 0 Å². The Morgan fingerprint density at radius 1 is 1.09 bits per heavy atom. The Hall–Kier alpha value is -2.95. The van der Waals surface area contributed by atoms with Crippen molar-refractivity contribution >= 4 is 5.97 Å². The fourth-order valence-electron chi connectivity index (χ4n) is 2.62. The van der Waals surface area contributed by atoms with E-state index < -0.39 is 5.97 Å².